The molecule has 3 aromatic rings. The molecule has 0 aromatic heterocycles. The number of ether oxygens (including phenoxy) is 2. The van der Waals surface area contributed by atoms with Gasteiger partial charge in [-0.1, -0.05) is 42.5 Å². The van der Waals surface area contributed by atoms with Crippen molar-refractivity contribution in [2.24, 2.45) is 0 Å². The zero-order chi connectivity index (χ0) is 25.9. The van der Waals surface area contributed by atoms with Gasteiger partial charge in [0, 0.05) is 24.7 Å². The van der Waals surface area contributed by atoms with E-state index in [4.69, 9.17) is 14.3 Å². The van der Waals surface area contributed by atoms with Gasteiger partial charge >= 0.3 is 0 Å². The van der Waals surface area contributed by atoms with Gasteiger partial charge in [0.2, 0.25) is 5.91 Å². The van der Waals surface area contributed by atoms with Crippen LogP contribution in [0.3, 0.4) is 0 Å². The van der Waals surface area contributed by atoms with Crippen molar-refractivity contribution >= 4 is 11.6 Å². The quantitative estimate of drug-likeness (QED) is 0.429. The Morgan fingerprint density at radius 3 is 2.31 bits per heavy atom. The number of fused-ring (bicyclic) bond motifs is 1. The Morgan fingerprint density at radius 1 is 1.00 bits per heavy atom. The number of anilines is 1. The lowest BCUT2D eigenvalue weighted by Crippen LogP contribution is -2.41. The van der Waals surface area contributed by atoms with Gasteiger partial charge in [-0.25, -0.2) is 0 Å². The minimum absolute atomic E-state index is 0.0327. The summed E-state index contributed by atoms with van der Waals surface area (Å²) in [4.78, 5) is 18.1. The summed E-state index contributed by atoms with van der Waals surface area (Å²) in [6.45, 7) is 8.56. The van der Waals surface area contributed by atoms with Crippen LogP contribution in [0.5, 0.6) is 11.5 Å². The molecule has 190 valence electrons. The highest BCUT2D eigenvalue weighted by atomic mass is 16.7. The van der Waals surface area contributed by atoms with Crippen molar-refractivity contribution in [3.05, 3.63) is 77.4 Å². The Kier molecular flexibility index (Phi) is 7.67. The molecule has 0 bridgehead atoms. The maximum atomic E-state index is 11.6. The van der Waals surface area contributed by atoms with E-state index in [1.165, 1.54) is 23.6 Å². The van der Waals surface area contributed by atoms with E-state index in [-0.39, 0.29) is 17.6 Å². The maximum absolute atomic E-state index is 11.6. The summed E-state index contributed by atoms with van der Waals surface area (Å²) in [5.74, 6) is 1.40. The minimum Gasteiger partial charge on any atom is -0.493 e. The van der Waals surface area contributed by atoms with Gasteiger partial charge in [0.05, 0.1) is 25.9 Å². The highest BCUT2D eigenvalue weighted by molar-refractivity contribution is 5.94. The molecule has 1 aliphatic rings. The second kappa shape index (κ2) is 10.7. The van der Waals surface area contributed by atoms with Crippen molar-refractivity contribution in [2.45, 2.75) is 52.2 Å². The fourth-order valence-corrected chi connectivity index (χ4v) is 4.76. The van der Waals surface area contributed by atoms with Gasteiger partial charge in [-0.2, -0.15) is 5.06 Å². The van der Waals surface area contributed by atoms with Gasteiger partial charge in [0.1, 0.15) is 0 Å². The third-order valence-electron chi connectivity index (χ3n) is 6.28. The number of amides is 1. The Bertz CT molecular complexity index is 1210. The van der Waals surface area contributed by atoms with Crippen LogP contribution >= 0.6 is 0 Å². The Morgan fingerprint density at radius 2 is 1.67 bits per heavy atom. The van der Waals surface area contributed by atoms with Crippen LogP contribution in [-0.4, -0.2) is 37.3 Å². The first-order valence-corrected chi connectivity index (χ1v) is 12.3. The second-order valence-corrected chi connectivity index (χ2v) is 10.1. The molecular weight excluding hydrogens is 452 g/mol. The Balaban J connectivity index is 1.66. The predicted molar refractivity (Wildman–Crippen MR) is 143 cm³/mol. The summed E-state index contributed by atoms with van der Waals surface area (Å²) in [5, 5.41) is 5.05. The number of carbonyl (C=O) groups is 1. The first-order valence-electron chi connectivity index (χ1n) is 12.3. The zero-order valence-corrected chi connectivity index (χ0v) is 22.1. The van der Waals surface area contributed by atoms with Crippen LogP contribution in [-0.2, 0) is 22.5 Å². The monoisotopic (exact) mass is 488 g/mol. The lowest BCUT2D eigenvalue weighted by molar-refractivity contribution is -0.254. The smallest absolute Gasteiger partial charge is 0.221 e. The maximum Gasteiger partial charge on any atom is 0.221 e. The van der Waals surface area contributed by atoms with Gasteiger partial charge in [-0.05, 0) is 74.1 Å². The fourth-order valence-electron chi connectivity index (χ4n) is 4.76. The molecule has 36 heavy (non-hydrogen) atoms. The van der Waals surface area contributed by atoms with Crippen LogP contribution in [0.15, 0.2) is 60.7 Å². The molecule has 1 aliphatic heterocycles. The third kappa shape index (κ3) is 5.89. The van der Waals surface area contributed by atoms with Crippen molar-refractivity contribution < 1.29 is 19.1 Å². The highest BCUT2D eigenvalue weighted by Crippen LogP contribution is 2.40. The van der Waals surface area contributed by atoms with Crippen molar-refractivity contribution in [1.82, 2.24) is 5.06 Å². The first kappa shape index (κ1) is 25.7. The molecule has 1 atom stereocenters. The van der Waals surface area contributed by atoms with E-state index in [2.05, 4.69) is 67.5 Å². The van der Waals surface area contributed by atoms with Crippen LogP contribution in [0.2, 0.25) is 0 Å². The normalized spacial score (nSPS) is 15.8. The van der Waals surface area contributed by atoms with Gasteiger partial charge in [-0.3, -0.25) is 9.63 Å². The van der Waals surface area contributed by atoms with E-state index in [1.54, 1.807) is 14.2 Å². The number of para-hydroxylation sites is 1. The Hall–Kier alpha value is -3.35. The third-order valence-corrected chi connectivity index (χ3v) is 6.28. The number of hydrogen-bond acceptors (Lipinski definition) is 5. The van der Waals surface area contributed by atoms with Gasteiger partial charge in [0.25, 0.3) is 0 Å². The van der Waals surface area contributed by atoms with Crippen molar-refractivity contribution in [3.63, 3.8) is 0 Å². The summed E-state index contributed by atoms with van der Waals surface area (Å²) in [6.07, 6.45) is 1.66. The largest absolute Gasteiger partial charge is 0.493 e. The van der Waals surface area contributed by atoms with Crippen LogP contribution < -0.4 is 14.8 Å². The molecule has 0 saturated heterocycles. The van der Waals surface area contributed by atoms with Gasteiger partial charge < -0.3 is 14.8 Å². The van der Waals surface area contributed by atoms with Crippen LogP contribution in [0, 0.1) is 0 Å². The Labute approximate surface area is 214 Å². The molecule has 0 radical (unpaired) electrons. The molecule has 0 fully saturated rings. The molecule has 1 N–H and O–H groups in total. The van der Waals surface area contributed by atoms with E-state index in [0.29, 0.717) is 0 Å². The predicted octanol–water partition coefficient (Wildman–Crippen LogP) is 6.20. The summed E-state index contributed by atoms with van der Waals surface area (Å²) in [5.41, 5.74) is 6.22. The summed E-state index contributed by atoms with van der Waals surface area (Å²) in [6, 6.07) is 20.6. The number of methoxy groups -OCH3 is 2. The highest BCUT2D eigenvalue weighted by Gasteiger charge is 2.32. The van der Waals surface area contributed by atoms with Crippen LogP contribution in [0.1, 0.15) is 50.4 Å². The molecular formula is C30H36N2O4. The molecule has 0 aliphatic carbocycles. The standard InChI is InChI=1S/C30H36N2O4/c1-20(33)31-26-10-8-7-9-24(26)22-13-11-21(12-14-22)17-27-25-19-29(35-6)28(34-5)18-23(25)15-16-32(27)36-30(2,3)4/h7-14,18-19,27H,15-17H2,1-6H3,(H,31,33). The minimum atomic E-state index is -0.302. The molecule has 4 rings (SSSR count). The number of carbonyl (C=O) groups excluding carboxylic acids is 1. The number of hydrogen-bond donors (Lipinski definition) is 1. The molecule has 1 heterocycles. The average molecular weight is 489 g/mol. The first-order chi connectivity index (χ1) is 17.2. The summed E-state index contributed by atoms with van der Waals surface area (Å²) in [7, 11) is 3.34. The zero-order valence-electron chi connectivity index (χ0n) is 22.1. The van der Waals surface area contributed by atoms with E-state index < -0.39 is 0 Å². The molecule has 6 nitrogen and oxygen atoms in total. The molecule has 6 heteroatoms. The SMILES string of the molecule is COc1cc2c(cc1OC)C(Cc1ccc(-c3ccccc3NC(C)=O)cc1)N(OC(C)(C)C)CC2. The lowest BCUT2D eigenvalue weighted by Gasteiger charge is -2.40. The molecule has 0 spiro atoms. The number of benzene rings is 3. The van der Waals surface area contributed by atoms with Gasteiger partial charge in [-0.15, -0.1) is 0 Å². The number of rotatable bonds is 7. The van der Waals surface area contributed by atoms with Crippen molar-refractivity contribution in [1.29, 1.82) is 0 Å². The lowest BCUT2D eigenvalue weighted by atomic mass is 9.89. The van der Waals surface area contributed by atoms with E-state index in [0.717, 1.165) is 47.7 Å². The molecule has 0 saturated carbocycles. The van der Waals surface area contributed by atoms with E-state index in [1.807, 2.05) is 24.3 Å². The fraction of sp³-hybridized carbons (Fsp3) is 0.367. The number of hydroxylamine groups is 2. The number of nitrogens with zero attached hydrogens (tertiary/aromatic N) is 1. The summed E-state index contributed by atoms with van der Waals surface area (Å²) >= 11 is 0. The van der Waals surface area contributed by atoms with Gasteiger partial charge in [0.15, 0.2) is 11.5 Å². The average Bonchev–Trinajstić information content (AvgIpc) is 2.84. The number of nitrogens with one attached hydrogen (secondary N) is 1. The van der Waals surface area contributed by atoms with E-state index in [9.17, 15) is 4.79 Å². The summed E-state index contributed by atoms with van der Waals surface area (Å²) < 4.78 is 11.2. The molecule has 1 unspecified atom stereocenters. The van der Waals surface area contributed by atoms with Crippen molar-refractivity contribution in [2.75, 3.05) is 26.1 Å². The van der Waals surface area contributed by atoms with Crippen LogP contribution in [0.25, 0.3) is 11.1 Å². The van der Waals surface area contributed by atoms with Crippen LogP contribution in [0.4, 0.5) is 5.69 Å². The van der Waals surface area contributed by atoms with E-state index >= 15 is 0 Å². The molecule has 3 aromatic carbocycles. The second-order valence-electron chi connectivity index (χ2n) is 10.1. The topological polar surface area (TPSA) is 60.0 Å². The molecule has 1 amide bonds. The van der Waals surface area contributed by atoms with Crippen molar-refractivity contribution in [3.8, 4) is 22.6 Å².